The number of non-ortho nitro benzene ring substituents is 1. The maximum Gasteiger partial charge on any atom is 0.270 e. The number of nitro benzene ring substituents is 1. The van der Waals surface area contributed by atoms with E-state index < -0.39 is 10.8 Å². The van der Waals surface area contributed by atoms with Crippen LogP contribution < -0.4 is 5.32 Å². The Labute approximate surface area is 150 Å². The Balaban J connectivity index is 1.92. The van der Waals surface area contributed by atoms with Crippen molar-refractivity contribution in [3.63, 3.8) is 0 Å². The molecule has 0 spiro atoms. The van der Waals surface area contributed by atoms with Crippen LogP contribution in [0.2, 0.25) is 0 Å². The number of likely N-dealkylation sites (N-methyl/N-ethyl adjacent to an activating group) is 1. The van der Waals surface area contributed by atoms with Gasteiger partial charge < -0.3 is 9.47 Å². The number of rotatable bonds is 6. The maximum atomic E-state index is 12.6. The predicted molar refractivity (Wildman–Crippen MR) is 99.3 cm³/mol. The summed E-state index contributed by atoms with van der Waals surface area (Å²) in [6.07, 6.45) is 0. The minimum Gasteiger partial charge on any atom is -0.309 e. The zero-order valence-corrected chi connectivity index (χ0v) is 14.5. The molecule has 1 N–H and O–H groups in total. The van der Waals surface area contributed by atoms with Gasteiger partial charge in [-0.05, 0) is 32.3 Å². The second-order valence-corrected chi connectivity index (χ2v) is 6.14. The molecule has 2 aromatic carbocycles. The molecule has 0 saturated heterocycles. The third-order valence-corrected chi connectivity index (χ3v) is 3.97. The summed E-state index contributed by atoms with van der Waals surface area (Å²) in [5.41, 5.74) is 1.79. The quantitative estimate of drug-likeness (QED) is 0.543. The standard InChI is InChI=1S/C18H19N5O3/c1-21(2)10-11-22-16-9-4-3-8-15(16)19-18(22)20-17(24)13-6-5-7-14(12-13)23(25)26/h3-9,12H,10-11H2,1-2H3,(H,19,20,24). The fraction of sp³-hybridized carbons (Fsp3) is 0.222. The van der Waals surface area contributed by atoms with Gasteiger partial charge in [-0.25, -0.2) is 4.98 Å². The van der Waals surface area contributed by atoms with Crippen molar-refractivity contribution in [2.75, 3.05) is 26.0 Å². The normalized spacial score (nSPS) is 11.0. The van der Waals surface area contributed by atoms with E-state index in [1.165, 1.54) is 24.3 Å². The summed E-state index contributed by atoms with van der Waals surface area (Å²) in [6.45, 7) is 1.43. The van der Waals surface area contributed by atoms with Crippen LogP contribution >= 0.6 is 0 Å². The first-order valence-corrected chi connectivity index (χ1v) is 8.11. The molecule has 26 heavy (non-hydrogen) atoms. The molecule has 134 valence electrons. The molecule has 0 radical (unpaired) electrons. The summed E-state index contributed by atoms with van der Waals surface area (Å²) in [5, 5.41) is 13.7. The molecule has 0 aliphatic heterocycles. The van der Waals surface area contributed by atoms with Gasteiger partial charge in [0, 0.05) is 30.8 Å². The molecule has 0 unspecified atom stereocenters. The van der Waals surface area contributed by atoms with Gasteiger partial charge in [-0.1, -0.05) is 18.2 Å². The van der Waals surface area contributed by atoms with E-state index in [0.717, 1.165) is 17.6 Å². The third kappa shape index (κ3) is 3.70. The number of hydrogen-bond acceptors (Lipinski definition) is 5. The molecule has 0 aliphatic carbocycles. The van der Waals surface area contributed by atoms with Crippen molar-refractivity contribution in [1.29, 1.82) is 0 Å². The van der Waals surface area contributed by atoms with E-state index in [1.54, 1.807) is 0 Å². The van der Waals surface area contributed by atoms with E-state index in [4.69, 9.17) is 0 Å². The van der Waals surface area contributed by atoms with Gasteiger partial charge in [0.1, 0.15) is 0 Å². The Morgan fingerprint density at radius 1 is 1.23 bits per heavy atom. The van der Waals surface area contributed by atoms with Crippen LogP contribution in [-0.4, -0.2) is 45.9 Å². The van der Waals surface area contributed by atoms with Gasteiger partial charge in [-0.15, -0.1) is 0 Å². The highest BCUT2D eigenvalue weighted by atomic mass is 16.6. The molecule has 0 aliphatic rings. The number of fused-ring (bicyclic) bond motifs is 1. The molecule has 1 aromatic heterocycles. The number of anilines is 1. The van der Waals surface area contributed by atoms with Crippen LogP contribution in [0.4, 0.5) is 11.6 Å². The Morgan fingerprint density at radius 2 is 2.00 bits per heavy atom. The van der Waals surface area contributed by atoms with Crippen molar-refractivity contribution in [3.05, 3.63) is 64.2 Å². The second-order valence-electron chi connectivity index (χ2n) is 6.14. The maximum absolute atomic E-state index is 12.6. The number of nitrogens with one attached hydrogen (secondary N) is 1. The molecule has 0 saturated carbocycles. The Hall–Kier alpha value is -3.26. The number of nitrogens with zero attached hydrogens (tertiary/aromatic N) is 4. The lowest BCUT2D eigenvalue weighted by Gasteiger charge is -2.13. The molecule has 0 bridgehead atoms. The summed E-state index contributed by atoms with van der Waals surface area (Å²) in [5.74, 6) is -0.0142. The largest absolute Gasteiger partial charge is 0.309 e. The van der Waals surface area contributed by atoms with E-state index >= 15 is 0 Å². The monoisotopic (exact) mass is 353 g/mol. The highest BCUT2D eigenvalue weighted by Gasteiger charge is 2.16. The number of amides is 1. The van der Waals surface area contributed by atoms with E-state index in [-0.39, 0.29) is 11.3 Å². The Morgan fingerprint density at radius 3 is 2.73 bits per heavy atom. The minimum absolute atomic E-state index is 0.126. The number of carbonyl (C=O) groups excluding carboxylic acids is 1. The van der Waals surface area contributed by atoms with E-state index in [0.29, 0.717) is 12.5 Å². The third-order valence-electron chi connectivity index (χ3n) is 3.97. The average molecular weight is 353 g/mol. The summed E-state index contributed by atoms with van der Waals surface area (Å²) in [7, 11) is 3.95. The molecule has 1 heterocycles. The number of imidazole rings is 1. The van der Waals surface area contributed by atoms with Crippen molar-refractivity contribution in [3.8, 4) is 0 Å². The van der Waals surface area contributed by atoms with Crippen molar-refractivity contribution in [2.45, 2.75) is 6.54 Å². The first-order chi connectivity index (χ1) is 12.5. The van der Waals surface area contributed by atoms with Crippen molar-refractivity contribution in [1.82, 2.24) is 14.5 Å². The smallest absolute Gasteiger partial charge is 0.270 e. The van der Waals surface area contributed by atoms with E-state index in [9.17, 15) is 14.9 Å². The number of para-hydroxylation sites is 2. The average Bonchev–Trinajstić information content (AvgIpc) is 2.97. The van der Waals surface area contributed by atoms with Gasteiger partial charge >= 0.3 is 0 Å². The van der Waals surface area contributed by atoms with Crippen molar-refractivity contribution >= 4 is 28.6 Å². The van der Waals surface area contributed by atoms with Crippen LogP contribution in [-0.2, 0) is 6.54 Å². The fourth-order valence-corrected chi connectivity index (χ4v) is 2.63. The van der Waals surface area contributed by atoms with Gasteiger partial charge in [0.05, 0.1) is 16.0 Å². The molecule has 3 rings (SSSR count). The van der Waals surface area contributed by atoms with Crippen LogP contribution in [0.3, 0.4) is 0 Å². The van der Waals surface area contributed by atoms with E-state index in [1.807, 2.05) is 47.8 Å². The number of aromatic nitrogens is 2. The number of nitro groups is 1. The van der Waals surface area contributed by atoms with Crippen LogP contribution in [0.15, 0.2) is 48.5 Å². The first kappa shape index (κ1) is 17.6. The van der Waals surface area contributed by atoms with Crippen LogP contribution in [0.5, 0.6) is 0 Å². The van der Waals surface area contributed by atoms with Crippen LogP contribution in [0.1, 0.15) is 10.4 Å². The van der Waals surface area contributed by atoms with Gasteiger partial charge in [0.25, 0.3) is 11.6 Å². The lowest BCUT2D eigenvalue weighted by Crippen LogP contribution is -2.21. The molecular formula is C18H19N5O3. The predicted octanol–water partition coefficient (Wildman–Crippen LogP) is 2.76. The Bertz CT molecular complexity index is 964. The Kier molecular flexibility index (Phi) is 4.94. The van der Waals surface area contributed by atoms with Crippen molar-refractivity contribution in [2.24, 2.45) is 0 Å². The number of carbonyl (C=O) groups is 1. The molecule has 0 fully saturated rings. The highest BCUT2D eigenvalue weighted by molar-refractivity contribution is 6.04. The number of hydrogen-bond donors (Lipinski definition) is 1. The van der Waals surface area contributed by atoms with Crippen LogP contribution in [0, 0.1) is 10.1 Å². The fourth-order valence-electron chi connectivity index (χ4n) is 2.63. The van der Waals surface area contributed by atoms with Crippen molar-refractivity contribution < 1.29 is 9.72 Å². The molecular weight excluding hydrogens is 334 g/mol. The topological polar surface area (TPSA) is 93.3 Å². The zero-order chi connectivity index (χ0) is 18.7. The van der Waals surface area contributed by atoms with E-state index in [2.05, 4.69) is 10.3 Å². The molecule has 8 heteroatoms. The molecule has 3 aromatic rings. The summed E-state index contributed by atoms with van der Waals surface area (Å²) in [4.78, 5) is 29.5. The lowest BCUT2D eigenvalue weighted by atomic mass is 10.2. The summed E-state index contributed by atoms with van der Waals surface area (Å²) in [6, 6.07) is 13.3. The van der Waals surface area contributed by atoms with Gasteiger partial charge in [0.15, 0.2) is 0 Å². The molecule has 0 atom stereocenters. The SMILES string of the molecule is CN(C)CCn1c(NC(=O)c2cccc([N+](=O)[O-])c2)nc2ccccc21. The minimum atomic E-state index is -0.525. The zero-order valence-electron chi connectivity index (χ0n) is 14.5. The lowest BCUT2D eigenvalue weighted by molar-refractivity contribution is -0.384. The van der Waals surface area contributed by atoms with Gasteiger partial charge in [-0.3, -0.25) is 20.2 Å². The van der Waals surface area contributed by atoms with Gasteiger partial charge in [-0.2, -0.15) is 0 Å². The molecule has 8 nitrogen and oxygen atoms in total. The second kappa shape index (κ2) is 7.32. The highest BCUT2D eigenvalue weighted by Crippen LogP contribution is 2.21. The number of benzene rings is 2. The molecule has 1 amide bonds. The summed E-state index contributed by atoms with van der Waals surface area (Å²) >= 11 is 0. The van der Waals surface area contributed by atoms with Crippen LogP contribution in [0.25, 0.3) is 11.0 Å². The van der Waals surface area contributed by atoms with Gasteiger partial charge in [0.2, 0.25) is 5.95 Å². The summed E-state index contributed by atoms with van der Waals surface area (Å²) < 4.78 is 1.94. The first-order valence-electron chi connectivity index (χ1n) is 8.11.